The number of anilines is 1. The van der Waals surface area contributed by atoms with Gasteiger partial charge in [0.1, 0.15) is 11.4 Å². The maximum atomic E-state index is 6.00. The van der Waals surface area contributed by atoms with Crippen LogP contribution in [0.25, 0.3) is 0 Å². The van der Waals surface area contributed by atoms with E-state index in [2.05, 4.69) is 20.6 Å². The van der Waals surface area contributed by atoms with Crippen LogP contribution in [0.5, 0.6) is 0 Å². The summed E-state index contributed by atoms with van der Waals surface area (Å²) >= 11 is 0. The van der Waals surface area contributed by atoms with Crippen LogP contribution in [0.3, 0.4) is 0 Å². The van der Waals surface area contributed by atoms with E-state index in [1.54, 1.807) is 18.6 Å². The Labute approximate surface area is 112 Å². The Morgan fingerprint density at radius 3 is 3.37 bits per heavy atom. The van der Waals surface area contributed by atoms with Crippen molar-refractivity contribution < 1.29 is 9.47 Å². The monoisotopic (exact) mass is 264 g/mol. The third kappa shape index (κ3) is 3.20. The van der Waals surface area contributed by atoms with Crippen molar-refractivity contribution in [3.8, 4) is 0 Å². The zero-order chi connectivity index (χ0) is 13.0. The second-order valence-corrected chi connectivity index (χ2v) is 5.27. The minimum absolute atomic E-state index is 0.134. The van der Waals surface area contributed by atoms with Crippen molar-refractivity contribution in [3.63, 3.8) is 0 Å². The normalized spacial score (nSPS) is 31.3. The summed E-state index contributed by atoms with van der Waals surface area (Å²) in [4.78, 5) is 8.25. The molecule has 0 saturated carbocycles. The number of rotatable bonds is 3. The molecular formula is C13H20N4O2. The van der Waals surface area contributed by atoms with Gasteiger partial charge in [-0.3, -0.25) is 4.98 Å². The van der Waals surface area contributed by atoms with E-state index >= 15 is 0 Å². The van der Waals surface area contributed by atoms with Crippen LogP contribution in [0, 0.1) is 5.92 Å². The number of ether oxygens (including phenoxy) is 2. The fourth-order valence-corrected chi connectivity index (χ4v) is 2.70. The molecule has 2 aliphatic heterocycles. The van der Waals surface area contributed by atoms with Crippen LogP contribution in [0.2, 0.25) is 0 Å². The Balaban J connectivity index is 1.51. The molecule has 2 saturated heterocycles. The molecular weight excluding hydrogens is 244 g/mol. The van der Waals surface area contributed by atoms with Gasteiger partial charge >= 0.3 is 0 Å². The van der Waals surface area contributed by atoms with Crippen LogP contribution in [0.15, 0.2) is 18.6 Å². The first-order chi connectivity index (χ1) is 9.36. The molecule has 19 heavy (non-hydrogen) atoms. The van der Waals surface area contributed by atoms with Crippen LogP contribution in [-0.2, 0) is 9.47 Å². The van der Waals surface area contributed by atoms with E-state index in [0.29, 0.717) is 12.5 Å². The van der Waals surface area contributed by atoms with E-state index in [-0.39, 0.29) is 5.60 Å². The van der Waals surface area contributed by atoms with Gasteiger partial charge in [-0.2, -0.15) is 0 Å². The first-order valence-electron chi connectivity index (χ1n) is 6.79. The fraction of sp³-hybridized carbons (Fsp3) is 0.692. The molecule has 0 aliphatic carbocycles. The van der Waals surface area contributed by atoms with Crippen molar-refractivity contribution in [2.75, 3.05) is 44.8 Å². The van der Waals surface area contributed by atoms with Gasteiger partial charge in [0.15, 0.2) is 0 Å². The van der Waals surface area contributed by atoms with Crippen molar-refractivity contribution in [2.45, 2.75) is 12.0 Å². The molecule has 1 aromatic heterocycles. The molecule has 3 rings (SSSR count). The molecule has 6 heteroatoms. The Bertz CT molecular complexity index is 393. The third-order valence-electron chi connectivity index (χ3n) is 3.66. The highest BCUT2D eigenvalue weighted by molar-refractivity contribution is 5.29. The molecule has 6 nitrogen and oxygen atoms in total. The molecule has 0 radical (unpaired) electrons. The van der Waals surface area contributed by atoms with E-state index in [0.717, 1.165) is 45.1 Å². The zero-order valence-electron chi connectivity index (χ0n) is 11.0. The van der Waals surface area contributed by atoms with Gasteiger partial charge in [0.2, 0.25) is 0 Å². The molecule has 0 aromatic carbocycles. The second kappa shape index (κ2) is 5.81. The largest absolute Gasteiger partial charge is 0.377 e. The Kier molecular flexibility index (Phi) is 3.91. The van der Waals surface area contributed by atoms with E-state index in [1.165, 1.54) is 0 Å². The highest BCUT2D eigenvalue weighted by Gasteiger charge is 2.41. The predicted molar refractivity (Wildman–Crippen MR) is 71.0 cm³/mol. The predicted octanol–water partition coefficient (Wildman–Crippen LogP) is 0.284. The Hall–Kier alpha value is -1.24. The third-order valence-corrected chi connectivity index (χ3v) is 3.66. The van der Waals surface area contributed by atoms with E-state index in [9.17, 15) is 0 Å². The molecule has 2 N–H and O–H groups in total. The fourth-order valence-electron chi connectivity index (χ4n) is 2.70. The average Bonchev–Trinajstić information content (AvgIpc) is 2.70. The average molecular weight is 264 g/mol. The van der Waals surface area contributed by atoms with Crippen LogP contribution in [0.4, 0.5) is 5.82 Å². The first kappa shape index (κ1) is 12.8. The van der Waals surface area contributed by atoms with Crippen molar-refractivity contribution in [1.82, 2.24) is 15.3 Å². The van der Waals surface area contributed by atoms with Gasteiger partial charge in [-0.25, -0.2) is 4.98 Å². The van der Waals surface area contributed by atoms with E-state index in [1.807, 2.05) is 0 Å². The van der Waals surface area contributed by atoms with Gasteiger partial charge in [0.25, 0.3) is 0 Å². The van der Waals surface area contributed by atoms with Gasteiger partial charge in [0, 0.05) is 37.9 Å². The second-order valence-electron chi connectivity index (χ2n) is 5.27. The number of aromatic nitrogens is 2. The van der Waals surface area contributed by atoms with Crippen LogP contribution < -0.4 is 10.6 Å². The zero-order valence-corrected chi connectivity index (χ0v) is 11.0. The quantitative estimate of drug-likeness (QED) is 0.817. The lowest BCUT2D eigenvalue weighted by molar-refractivity contribution is -0.0471. The number of nitrogens with one attached hydrogen (secondary N) is 2. The van der Waals surface area contributed by atoms with E-state index < -0.39 is 0 Å². The summed E-state index contributed by atoms with van der Waals surface area (Å²) in [5.41, 5.74) is -0.134. The summed E-state index contributed by atoms with van der Waals surface area (Å²) in [5.74, 6) is 1.31. The molecule has 3 heterocycles. The SMILES string of the molecule is c1cnc(NC[C@H]2CO[C@@]3(CNCCOC3)C2)cn1. The van der Waals surface area contributed by atoms with Crippen molar-refractivity contribution >= 4 is 5.82 Å². The molecule has 0 bridgehead atoms. The lowest BCUT2D eigenvalue weighted by Gasteiger charge is -2.25. The molecule has 2 fully saturated rings. The summed E-state index contributed by atoms with van der Waals surface area (Å²) in [5, 5.41) is 6.69. The van der Waals surface area contributed by atoms with Gasteiger partial charge in [-0.05, 0) is 6.42 Å². The lowest BCUT2D eigenvalue weighted by atomic mass is 9.95. The van der Waals surface area contributed by atoms with Crippen LogP contribution >= 0.6 is 0 Å². The lowest BCUT2D eigenvalue weighted by Crippen LogP contribution is -2.42. The maximum Gasteiger partial charge on any atom is 0.144 e. The minimum atomic E-state index is -0.134. The van der Waals surface area contributed by atoms with Crippen molar-refractivity contribution in [2.24, 2.45) is 5.92 Å². The maximum absolute atomic E-state index is 6.00. The Morgan fingerprint density at radius 2 is 2.47 bits per heavy atom. The van der Waals surface area contributed by atoms with Crippen molar-refractivity contribution in [1.29, 1.82) is 0 Å². The number of nitrogens with zero attached hydrogens (tertiary/aromatic N) is 2. The minimum Gasteiger partial charge on any atom is -0.377 e. The summed E-state index contributed by atoms with van der Waals surface area (Å²) in [6.07, 6.45) is 6.13. The standard InChI is InChI=1S/C13H20N4O2/c1-2-16-12(7-14-1)17-6-11-5-13(19-8-11)9-15-3-4-18-10-13/h1-2,7,11,15H,3-6,8-10H2,(H,16,17)/t11-,13+/m0/s1. The van der Waals surface area contributed by atoms with Crippen LogP contribution in [0.1, 0.15) is 6.42 Å². The number of hydrogen-bond acceptors (Lipinski definition) is 6. The van der Waals surface area contributed by atoms with Crippen LogP contribution in [-0.4, -0.2) is 55.0 Å². The van der Waals surface area contributed by atoms with Gasteiger partial charge < -0.3 is 20.1 Å². The highest BCUT2D eigenvalue weighted by Crippen LogP contribution is 2.31. The molecule has 2 aliphatic rings. The van der Waals surface area contributed by atoms with Gasteiger partial charge in [0.05, 0.1) is 26.0 Å². The first-order valence-corrected chi connectivity index (χ1v) is 6.79. The molecule has 1 spiro atoms. The molecule has 0 unspecified atom stereocenters. The number of hydrogen-bond donors (Lipinski definition) is 2. The van der Waals surface area contributed by atoms with Gasteiger partial charge in [-0.1, -0.05) is 0 Å². The molecule has 2 atom stereocenters. The Morgan fingerprint density at radius 1 is 1.47 bits per heavy atom. The smallest absolute Gasteiger partial charge is 0.144 e. The summed E-state index contributed by atoms with van der Waals surface area (Å²) in [6, 6.07) is 0. The highest BCUT2D eigenvalue weighted by atomic mass is 16.5. The van der Waals surface area contributed by atoms with Crippen molar-refractivity contribution in [3.05, 3.63) is 18.6 Å². The molecule has 104 valence electrons. The summed E-state index contributed by atoms with van der Waals surface area (Å²) in [7, 11) is 0. The summed E-state index contributed by atoms with van der Waals surface area (Å²) in [6.45, 7) is 4.90. The van der Waals surface area contributed by atoms with E-state index in [4.69, 9.17) is 9.47 Å². The summed E-state index contributed by atoms with van der Waals surface area (Å²) < 4.78 is 11.6. The molecule has 0 amide bonds. The topological polar surface area (TPSA) is 68.3 Å². The molecule has 1 aromatic rings. The van der Waals surface area contributed by atoms with Gasteiger partial charge in [-0.15, -0.1) is 0 Å².